The lowest BCUT2D eigenvalue weighted by molar-refractivity contribution is 0.0916. The van der Waals surface area contributed by atoms with Crippen molar-refractivity contribution < 1.29 is 18.3 Å². The maximum Gasteiger partial charge on any atom is 0.251 e. The second-order valence-corrected chi connectivity index (χ2v) is 8.55. The largest absolute Gasteiger partial charge is 0.394 e. The molecule has 0 saturated carbocycles. The van der Waals surface area contributed by atoms with Gasteiger partial charge in [0.2, 0.25) is 0 Å². The molecule has 0 aliphatic carbocycles. The van der Waals surface area contributed by atoms with Gasteiger partial charge in [-0.15, -0.1) is 0 Å². The number of rotatable bonds is 6. The van der Waals surface area contributed by atoms with E-state index in [0.29, 0.717) is 11.1 Å². The van der Waals surface area contributed by atoms with Crippen LogP contribution in [-0.4, -0.2) is 31.8 Å². The third-order valence-electron chi connectivity index (χ3n) is 4.61. The predicted molar refractivity (Wildman–Crippen MR) is 98.4 cm³/mol. The smallest absolute Gasteiger partial charge is 0.251 e. The van der Waals surface area contributed by atoms with Gasteiger partial charge in [-0.05, 0) is 41.0 Å². The molecule has 6 nitrogen and oxygen atoms in total. The molecule has 0 fully saturated rings. The number of fused-ring (bicyclic) bond motifs is 1. The van der Waals surface area contributed by atoms with Gasteiger partial charge < -0.3 is 15.7 Å². The average molecular weight is 374 g/mol. The Balaban J connectivity index is 1.76. The number of amides is 1. The number of carbonyl (C=O) groups excluding carboxylic acids is 1. The monoisotopic (exact) mass is 374 g/mol. The second kappa shape index (κ2) is 7.57. The van der Waals surface area contributed by atoms with Crippen LogP contribution in [0.25, 0.3) is 0 Å². The number of aliphatic hydroxyl groups is 1. The normalized spacial score (nSPS) is 14.7. The molecule has 3 rings (SSSR count). The fourth-order valence-corrected chi connectivity index (χ4v) is 3.87. The van der Waals surface area contributed by atoms with Gasteiger partial charge in [-0.3, -0.25) is 4.79 Å². The Labute approximate surface area is 153 Å². The quantitative estimate of drug-likeness (QED) is 0.713. The number of hydrogen-bond donors (Lipinski definition) is 3. The van der Waals surface area contributed by atoms with Crippen molar-refractivity contribution >= 4 is 15.7 Å². The average Bonchev–Trinajstić information content (AvgIpc) is 3.13. The zero-order chi connectivity index (χ0) is 18.7. The Bertz CT molecular complexity index is 908. The number of nitrogens with one attached hydrogen (secondary N) is 2. The van der Waals surface area contributed by atoms with Crippen LogP contribution in [0, 0.1) is 0 Å². The molecule has 1 aliphatic rings. The molecule has 1 aliphatic heterocycles. The molecule has 26 heavy (non-hydrogen) atoms. The van der Waals surface area contributed by atoms with Gasteiger partial charge in [-0.2, -0.15) is 0 Å². The standard InChI is InChI=1S/C19H22N2O4S/c1-2-26(24,25)17-7-5-13(6-8-17)18(12-22)21-19(23)14-3-4-15-10-20-11-16(15)9-14/h3-9,18,20,22H,2,10-12H2,1H3,(H,21,23)/t18-/m0/s1. The van der Waals surface area contributed by atoms with Gasteiger partial charge in [0.25, 0.3) is 5.91 Å². The highest BCUT2D eigenvalue weighted by Crippen LogP contribution is 2.20. The van der Waals surface area contributed by atoms with E-state index in [2.05, 4.69) is 10.6 Å². The number of aliphatic hydroxyl groups excluding tert-OH is 1. The van der Waals surface area contributed by atoms with Crippen LogP contribution in [0.2, 0.25) is 0 Å². The van der Waals surface area contributed by atoms with E-state index in [1.165, 1.54) is 17.7 Å². The summed E-state index contributed by atoms with van der Waals surface area (Å²) < 4.78 is 23.8. The predicted octanol–water partition coefficient (Wildman–Crippen LogP) is 1.55. The van der Waals surface area contributed by atoms with E-state index in [1.807, 2.05) is 12.1 Å². The third-order valence-corrected chi connectivity index (χ3v) is 6.36. The highest BCUT2D eigenvalue weighted by molar-refractivity contribution is 7.91. The van der Waals surface area contributed by atoms with Crippen LogP contribution >= 0.6 is 0 Å². The van der Waals surface area contributed by atoms with Crippen molar-refractivity contribution in [3.8, 4) is 0 Å². The van der Waals surface area contributed by atoms with Crippen molar-refractivity contribution in [1.82, 2.24) is 10.6 Å². The highest BCUT2D eigenvalue weighted by atomic mass is 32.2. The van der Waals surface area contributed by atoms with Gasteiger partial charge in [0.15, 0.2) is 9.84 Å². The topological polar surface area (TPSA) is 95.5 Å². The van der Waals surface area contributed by atoms with Gasteiger partial charge in [0.05, 0.1) is 23.3 Å². The summed E-state index contributed by atoms with van der Waals surface area (Å²) in [4.78, 5) is 12.8. The van der Waals surface area contributed by atoms with Crippen molar-refractivity contribution in [3.05, 3.63) is 64.7 Å². The Morgan fingerprint density at radius 3 is 2.50 bits per heavy atom. The van der Waals surface area contributed by atoms with Crippen molar-refractivity contribution in [1.29, 1.82) is 0 Å². The first-order valence-corrected chi connectivity index (χ1v) is 10.2. The number of sulfone groups is 1. The van der Waals surface area contributed by atoms with E-state index >= 15 is 0 Å². The summed E-state index contributed by atoms with van der Waals surface area (Å²) in [7, 11) is -3.28. The first kappa shape index (κ1) is 18.6. The molecule has 0 spiro atoms. The van der Waals surface area contributed by atoms with Crippen LogP contribution in [0.5, 0.6) is 0 Å². The summed E-state index contributed by atoms with van der Waals surface area (Å²) in [6.07, 6.45) is 0. The molecule has 0 saturated heterocycles. The minimum atomic E-state index is -3.28. The Kier molecular flexibility index (Phi) is 5.41. The van der Waals surface area contributed by atoms with Gasteiger partial charge >= 0.3 is 0 Å². The van der Waals surface area contributed by atoms with Gasteiger partial charge in [0, 0.05) is 18.7 Å². The molecule has 2 aromatic rings. The molecule has 2 aromatic carbocycles. The molecule has 138 valence electrons. The van der Waals surface area contributed by atoms with Crippen LogP contribution in [0.15, 0.2) is 47.4 Å². The van der Waals surface area contributed by atoms with Crippen LogP contribution in [0.3, 0.4) is 0 Å². The number of carbonyl (C=O) groups is 1. The van der Waals surface area contributed by atoms with Crippen LogP contribution in [0.4, 0.5) is 0 Å². The molecule has 3 N–H and O–H groups in total. The number of hydrogen-bond acceptors (Lipinski definition) is 5. The SMILES string of the molecule is CCS(=O)(=O)c1ccc([C@H](CO)NC(=O)c2ccc3c(c2)CNC3)cc1. The number of benzene rings is 2. The second-order valence-electron chi connectivity index (χ2n) is 6.27. The van der Waals surface area contributed by atoms with E-state index in [1.54, 1.807) is 25.1 Å². The molecule has 0 aromatic heterocycles. The molecular weight excluding hydrogens is 352 g/mol. The van der Waals surface area contributed by atoms with E-state index < -0.39 is 15.9 Å². The minimum Gasteiger partial charge on any atom is -0.394 e. The van der Waals surface area contributed by atoms with Crippen LogP contribution < -0.4 is 10.6 Å². The Morgan fingerprint density at radius 2 is 1.85 bits per heavy atom. The summed E-state index contributed by atoms with van der Waals surface area (Å²) in [5.41, 5.74) is 3.48. The summed E-state index contributed by atoms with van der Waals surface area (Å²) in [5.74, 6) is -0.247. The maximum absolute atomic E-state index is 12.5. The Hall–Kier alpha value is -2.22. The third kappa shape index (κ3) is 3.80. The van der Waals surface area contributed by atoms with Gasteiger partial charge in [-0.25, -0.2) is 8.42 Å². The zero-order valence-corrected chi connectivity index (χ0v) is 15.3. The van der Waals surface area contributed by atoms with E-state index in [-0.39, 0.29) is 23.2 Å². The van der Waals surface area contributed by atoms with Crippen molar-refractivity contribution in [3.63, 3.8) is 0 Å². The molecule has 1 atom stereocenters. The highest BCUT2D eigenvalue weighted by Gasteiger charge is 2.18. The van der Waals surface area contributed by atoms with Crippen molar-refractivity contribution in [2.45, 2.75) is 31.0 Å². The molecule has 1 amide bonds. The molecule has 7 heteroatoms. The molecule has 0 bridgehead atoms. The van der Waals surface area contributed by atoms with Gasteiger partial charge in [-0.1, -0.05) is 25.1 Å². The zero-order valence-electron chi connectivity index (χ0n) is 14.5. The van der Waals surface area contributed by atoms with Crippen molar-refractivity contribution in [2.75, 3.05) is 12.4 Å². The fourth-order valence-electron chi connectivity index (χ4n) is 2.99. The summed E-state index contributed by atoms with van der Waals surface area (Å²) in [6, 6.07) is 11.2. The first-order chi connectivity index (χ1) is 12.4. The van der Waals surface area contributed by atoms with Crippen LogP contribution in [0.1, 0.15) is 40.0 Å². The molecule has 0 unspecified atom stereocenters. The van der Waals surface area contributed by atoms with E-state index in [4.69, 9.17) is 0 Å². The lowest BCUT2D eigenvalue weighted by Crippen LogP contribution is -2.30. The summed E-state index contributed by atoms with van der Waals surface area (Å²) >= 11 is 0. The van der Waals surface area contributed by atoms with E-state index in [9.17, 15) is 18.3 Å². The summed E-state index contributed by atoms with van der Waals surface area (Å²) in [6.45, 7) is 2.86. The van der Waals surface area contributed by atoms with E-state index in [0.717, 1.165) is 18.7 Å². The Morgan fingerprint density at radius 1 is 1.15 bits per heavy atom. The summed E-state index contributed by atoms with van der Waals surface area (Å²) in [5, 5.41) is 15.7. The lowest BCUT2D eigenvalue weighted by atomic mass is 10.0. The van der Waals surface area contributed by atoms with Crippen molar-refractivity contribution in [2.24, 2.45) is 0 Å². The lowest BCUT2D eigenvalue weighted by Gasteiger charge is -2.17. The van der Waals surface area contributed by atoms with Gasteiger partial charge in [0.1, 0.15) is 0 Å². The molecule has 0 radical (unpaired) electrons. The maximum atomic E-state index is 12.5. The fraction of sp³-hybridized carbons (Fsp3) is 0.316. The minimum absolute atomic E-state index is 0.0275. The van der Waals surface area contributed by atoms with Crippen LogP contribution in [-0.2, 0) is 22.9 Å². The first-order valence-electron chi connectivity index (χ1n) is 8.51. The molecular formula is C19H22N2O4S. The molecule has 1 heterocycles.